The number of amides is 2. The Balaban J connectivity index is 1.93. The maximum absolute atomic E-state index is 12.3. The minimum absolute atomic E-state index is 0.168. The summed E-state index contributed by atoms with van der Waals surface area (Å²) in [5.74, 6) is 0.697. The minimum atomic E-state index is -3.22. The molecule has 0 unspecified atom stereocenters. The Bertz CT molecular complexity index is 651. The Labute approximate surface area is 136 Å². The summed E-state index contributed by atoms with van der Waals surface area (Å²) in [4.78, 5) is 13.9. The number of nitrogens with zero attached hydrogens (tertiary/aromatic N) is 3. The summed E-state index contributed by atoms with van der Waals surface area (Å²) < 4.78 is 29.8. The molecule has 0 saturated carbocycles. The average molecular weight is 344 g/mol. The van der Waals surface area contributed by atoms with Gasteiger partial charge in [0.25, 0.3) is 0 Å². The topological polar surface area (TPSA) is 95.8 Å². The van der Waals surface area contributed by atoms with E-state index in [2.05, 4.69) is 10.5 Å². The molecule has 1 atom stereocenters. The van der Waals surface area contributed by atoms with Crippen molar-refractivity contribution in [1.82, 2.24) is 19.7 Å². The highest BCUT2D eigenvalue weighted by Crippen LogP contribution is 2.16. The highest BCUT2D eigenvalue weighted by Gasteiger charge is 2.27. The van der Waals surface area contributed by atoms with Gasteiger partial charge in [-0.15, -0.1) is 0 Å². The molecule has 2 rings (SSSR count). The summed E-state index contributed by atoms with van der Waals surface area (Å²) in [6.45, 7) is 4.88. The van der Waals surface area contributed by atoms with Crippen LogP contribution in [0.2, 0.25) is 0 Å². The summed E-state index contributed by atoms with van der Waals surface area (Å²) >= 11 is 0. The van der Waals surface area contributed by atoms with Crippen LogP contribution in [0.5, 0.6) is 0 Å². The lowest BCUT2D eigenvalue weighted by Crippen LogP contribution is -2.51. The number of sulfonamides is 1. The van der Waals surface area contributed by atoms with Gasteiger partial charge in [-0.05, 0) is 26.7 Å². The first kappa shape index (κ1) is 17.7. The van der Waals surface area contributed by atoms with Gasteiger partial charge in [0.05, 0.1) is 18.5 Å². The molecule has 0 spiro atoms. The van der Waals surface area contributed by atoms with E-state index < -0.39 is 10.0 Å². The van der Waals surface area contributed by atoms with Crippen LogP contribution < -0.4 is 5.32 Å². The second-order valence-electron chi connectivity index (χ2n) is 6.07. The van der Waals surface area contributed by atoms with Crippen molar-refractivity contribution in [2.75, 3.05) is 26.4 Å². The Morgan fingerprint density at radius 2 is 2.17 bits per heavy atom. The number of aromatic nitrogens is 1. The van der Waals surface area contributed by atoms with Gasteiger partial charge in [0.15, 0.2) is 0 Å². The van der Waals surface area contributed by atoms with Crippen LogP contribution in [0.1, 0.15) is 29.9 Å². The molecule has 0 aromatic carbocycles. The van der Waals surface area contributed by atoms with E-state index in [9.17, 15) is 13.2 Å². The van der Waals surface area contributed by atoms with Crippen molar-refractivity contribution in [1.29, 1.82) is 0 Å². The second-order valence-corrected chi connectivity index (χ2v) is 8.05. The Morgan fingerprint density at radius 3 is 2.74 bits per heavy atom. The van der Waals surface area contributed by atoms with Gasteiger partial charge >= 0.3 is 6.03 Å². The molecule has 2 amide bonds. The van der Waals surface area contributed by atoms with E-state index in [0.717, 1.165) is 24.1 Å². The molecule has 0 bridgehead atoms. The summed E-state index contributed by atoms with van der Waals surface area (Å²) in [5, 5.41) is 6.78. The molecule has 1 aromatic heterocycles. The molecule has 23 heavy (non-hydrogen) atoms. The summed E-state index contributed by atoms with van der Waals surface area (Å²) in [6, 6.07) is -0.400. The van der Waals surface area contributed by atoms with Crippen molar-refractivity contribution >= 4 is 16.1 Å². The zero-order valence-electron chi connectivity index (χ0n) is 14.0. The zero-order valence-corrected chi connectivity index (χ0v) is 14.8. The minimum Gasteiger partial charge on any atom is -0.361 e. The van der Waals surface area contributed by atoms with Gasteiger partial charge in [-0.25, -0.2) is 17.5 Å². The Morgan fingerprint density at radius 1 is 1.48 bits per heavy atom. The number of carbonyl (C=O) groups is 1. The van der Waals surface area contributed by atoms with E-state index in [1.54, 1.807) is 11.9 Å². The van der Waals surface area contributed by atoms with Crippen molar-refractivity contribution in [3.8, 4) is 0 Å². The van der Waals surface area contributed by atoms with E-state index in [1.165, 1.54) is 10.6 Å². The van der Waals surface area contributed by atoms with E-state index >= 15 is 0 Å². The number of piperidine rings is 1. The summed E-state index contributed by atoms with van der Waals surface area (Å²) in [5.41, 5.74) is 1.66. The highest BCUT2D eigenvalue weighted by atomic mass is 32.2. The molecule has 1 N–H and O–H groups in total. The van der Waals surface area contributed by atoms with Gasteiger partial charge in [0, 0.05) is 31.7 Å². The Kier molecular flexibility index (Phi) is 5.30. The summed E-state index contributed by atoms with van der Waals surface area (Å²) in [6.07, 6.45) is 2.71. The fourth-order valence-corrected chi connectivity index (χ4v) is 3.59. The molecule has 9 heteroatoms. The molecule has 1 saturated heterocycles. The number of nitrogens with one attached hydrogen (secondary N) is 1. The van der Waals surface area contributed by atoms with E-state index in [1.807, 2.05) is 13.8 Å². The largest absolute Gasteiger partial charge is 0.361 e. The second kappa shape index (κ2) is 6.88. The molecule has 1 aliphatic heterocycles. The first-order chi connectivity index (χ1) is 10.7. The predicted molar refractivity (Wildman–Crippen MR) is 85.4 cm³/mol. The van der Waals surface area contributed by atoms with Gasteiger partial charge in [0.1, 0.15) is 5.76 Å². The van der Waals surface area contributed by atoms with Crippen molar-refractivity contribution in [2.24, 2.45) is 0 Å². The number of aryl methyl sites for hydroxylation is 2. The van der Waals surface area contributed by atoms with E-state index in [-0.39, 0.29) is 12.1 Å². The van der Waals surface area contributed by atoms with Gasteiger partial charge in [0.2, 0.25) is 10.0 Å². The third kappa shape index (κ3) is 4.44. The van der Waals surface area contributed by atoms with Gasteiger partial charge in [-0.1, -0.05) is 5.16 Å². The first-order valence-electron chi connectivity index (χ1n) is 7.57. The SMILES string of the molecule is Cc1noc(C)c1CN(C)C(=O)N[C@@H]1CCCN(S(C)(=O)=O)C1. The van der Waals surface area contributed by atoms with Crippen molar-refractivity contribution in [3.63, 3.8) is 0 Å². The molecule has 1 aromatic rings. The molecule has 0 aliphatic carbocycles. The fourth-order valence-electron chi connectivity index (χ4n) is 2.68. The smallest absolute Gasteiger partial charge is 0.317 e. The Hall–Kier alpha value is -1.61. The van der Waals surface area contributed by atoms with Crippen LogP contribution in [0, 0.1) is 13.8 Å². The third-order valence-corrected chi connectivity index (χ3v) is 5.37. The van der Waals surface area contributed by atoms with Gasteiger partial charge in [-0.2, -0.15) is 0 Å². The fraction of sp³-hybridized carbons (Fsp3) is 0.714. The normalized spacial score (nSPS) is 19.6. The molecule has 1 fully saturated rings. The van der Waals surface area contributed by atoms with Crippen molar-refractivity contribution in [3.05, 3.63) is 17.0 Å². The molecule has 130 valence electrons. The van der Waals surface area contributed by atoms with E-state index in [4.69, 9.17) is 4.52 Å². The van der Waals surface area contributed by atoms with E-state index in [0.29, 0.717) is 25.4 Å². The monoisotopic (exact) mass is 344 g/mol. The molecular weight excluding hydrogens is 320 g/mol. The van der Waals surface area contributed by atoms with Crippen LogP contribution in [0.25, 0.3) is 0 Å². The zero-order chi connectivity index (χ0) is 17.2. The van der Waals surface area contributed by atoms with Crippen LogP contribution in [-0.2, 0) is 16.6 Å². The number of urea groups is 1. The van der Waals surface area contributed by atoms with Crippen LogP contribution in [0.4, 0.5) is 4.79 Å². The van der Waals surface area contributed by atoms with Crippen LogP contribution in [0.15, 0.2) is 4.52 Å². The molecular formula is C14H24N4O4S. The molecule has 8 nitrogen and oxygen atoms in total. The van der Waals surface area contributed by atoms with Crippen molar-refractivity contribution in [2.45, 2.75) is 39.3 Å². The number of hydrogen-bond acceptors (Lipinski definition) is 5. The van der Waals surface area contributed by atoms with Crippen LogP contribution >= 0.6 is 0 Å². The quantitative estimate of drug-likeness (QED) is 0.874. The van der Waals surface area contributed by atoms with Gasteiger partial charge < -0.3 is 14.7 Å². The lowest BCUT2D eigenvalue weighted by Gasteiger charge is -2.32. The lowest BCUT2D eigenvalue weighted by molar-refractivity contribution is 0.194. The number of hydrogen-bond donors (Lipinski definition) is 1. The maximum Gasteiger partial charge on any atom is 0.317 e. The standard InChI is InChI=1S/C14H24N4O4S/c1-10-13(11(2)22-16-10)9-17(3)14(19)15-12-6-5-7-18(8-12)23(4,20)21/h12H,5-9H2,1-4H3,(H,15,19)/t12-/m1/s1. The predicted octanol–water partition coefficient (Wildman–Crippen LogP) is 0.857. The highest BCUT2D eigenvalue weighted by molar-refractivity contribution is 7.88. The lowest BCUT2D eigenvalue weighted by atomic mass is 10.1. The third-order valence-electron chi connectivity index (χ3n) is 4.10. The van der Waals surface area contributed by atoms with Crippen molar-refractivity contribution < 1.29 is 17.7 Å². The molecule has 0 radical (unpaired) electrons. The average Bonchev–Trinajstić information content (AvgIpc) is 2.78. The molecule has 1 aliphatic rings. The summed E-state index contributed by atoms with van der Waals surface area (Å²) in [7, 11) is -1.53. The van der Waals surface area contributed by atoms with Crippen LogP contribution in [-0.4, -0.2) is 61.2 Å². The van der Waals surface area contributed by atoms with Gasteiger partial charge in [-0.3, -0.25) is 0 Å². The first-order valence-corrected chi connectivity index (χ1v) is 9.42. The number of rotatable bonds is 4. The molecule has 2 heterocycles. The maximum atomic E-state index is 12.3. The van der Waals surface area contributed by atoms with Crippen LogP contribution in [0.3, 0.4) is 0 Å². The number of carbonyl (C=O) groups excluding carboxylic acids is 1.